The molecule has 0 aliphatic rings. The van der Waals surface area contributed by atoms with E-state index < -0.39 is 11.2 Å². The van der Waals surface area contributed by atoms with Crippen molar-refractivity contribution < 1.29 is 9.53 Å². The van der Waals surface area contributed by atoms with Crippen molar-refractivity contribution in [1.29, 1.82) is 0 Å². The van der Waals surface area contributed by atoms with Gasteiger partial charge in [-0.1, -0.05) is 17.8 Å². The second-order valence-corrected chi connectivity index (χ2v) is 7.75. The maximum Gasteiger partial charge on any atom is 0.332 e. The Morgan fingerprint density at radius 3 is 2.62 bits per heavy atom. The number of carbonyl (C=O) groups excluding carboxylic acids is 1. The molecule has 0 saturated carbocycles. The molecule has 1 amide bonds. The van der Waals surface area contributed by atoms with E-state index in [0.717, 1.165) is 4.57 Å². The zero-order valence-corrected chi connectivity index (χ0v) is 17.7. The molecule has 1 N–H and O–H groups in total. The van der Waals surface area contributed by atoms with Crippen molar-refractivity contribution in [2.24, 2.45) is 14.1 Å². The van der Waals surface area contributed by atoms with Gasteiger partial charge in [0.2, 0.25) is 5.91 Å². The molecule has 29 heavy (non-hydrogen) atoms. The lowest BCUT2D eigenvalue weighted by molar-refractivity contribution is -0.113. The average Bonchev–Trinajstić information content (AvgIpc) is 3.09. The molecule has 0 unspecified atom stereocenters. The number of amides is 1. The molecule has 0 aliphatic heterocycles. The Morgan fingerprint density at radius 1 is 1.24 bits per heavy atom. The van der Waals surface area contributed by atoms with Crippen LogP contribution >= 0.6 is 11.8 Å². The van der Waals surface area contributed by atoms with E-state index in [2.05, 4.69) is 10.3 Å². The standard InChI is InChI=1S/C19H23N5O4S/c1-11(2)24-15-16(22(3)19(27)23(4)17(15)26)21-18(24)29-10-14(25)20-12-7-6-8-13(9-12)28-5/h6-9,11H,10H2,1-5H3,(H,20,25). The van der Waals surface area contributed by atoms with E-state index in [-0.39, 0.29) is 17.7 Å². The fraction of sp³-hybridized carbons (Fsp3) is 0.368. The zero-order chi connectivity index (χ0) is 21.3. The maximum atomic E-state index is 12.7. The van der Waals surface area contributed by atoms with Gasteiger partial charge in [-0.25, -0.2) is 9.78 Å². The Balaban J connectivity index is 1.90. The van der Waals surface area contributed by atoms with Crippen LogP contribution in [0.25, 0.3) is 11.2 Å². The Labute approximate surface area is 171 Å². The van der Waals surface area contributed by atoms with Gasteiger partial charge in [-0.2, -0.15) is 0 Å². The number of hydrogen-bond donors (Lipinski definition) is 1. The van der Waals surface area contributed by atoms with Gasteiger partial charge in [-0.05, 0) is 26.0 Å². The normalized spacial score (nSPS) is 11.2. The number of nitrogens with one attached hydrogen (secondary N) is 1. The summed E-state index contributed by atoms with van der Waals surface area (Å²) in [6, 6.07) is 7.00. The highest BCUT2D eigenvalue weighted by Crippen LogP contribution is 2.26. The van der Waals surface area contributed by atoms with Crippen LogP contribution in [-0.2, 0) is 18.9 Å². The first-order chi connectivity index (χ1) is 13.7. The number of anilines is 1. The third-order valence-corrected chi connectivity index (χ3v) is 5.41. The maximum absolute atomic E-state index is 12.7. The molecule has 0 bridgehead atoms. The molecule has 9 nitrogen and oxygen atoms in total. The molecule has 3 rings (SSSR count). The predicted octanol–water partition coefficient (Wildman–Crippen LogP) is 1.75. The van der Waals surface area contributed by atoms with E-state index in [1.807, 2.05) is 13.8 Å². The van der Waals surface area contributed by atoms with Crippen molar-refractivity contribution in [3.8, 4) is 5.75 Å². The second-order valence-electron chi connectivity index (χ2n) is 6.80. The van der Waals surface area contributed by atoms with E-state index in [1.54, 1.807) is 43.0 Å². The smallest absolute Gasteiger partial charge is 0.332 e. The van der Waals surface area contributed by atoms with Gasteiger partial charge < -0.3 is 14.6 Å². The first-order valence-corrected chi connectivity index (χ1v) is 9.97. The van der Waals surface area contributed by atoms with Crippen molar-refractivity contribution in [2.75, 3.05) is 18.2 Å². The van der Waals surface area contributed by atoms with E-state index >= 15 is 0 Å². The number of hydrogen-bond acceptors (Lipinski definition) is 6. The average molecular weight is 417 g/mol. The molecule has 0 saturated heterocycles. The Bertz CT molecular complexity index is 1190. The van der Waals surface area contributed by atoms with E-state index in [0.29, 0.717) is 27.8 Å². The molecule has 0 atom stereocenters. The van der Waals surface area contributed by atoms with Crippen LogP contribution < -0.4 is 21.3 Å². The van der Waals surface area contributed by atoms with Crippen LogP contribution in [0.4, 0.5) is 5.69 Å². The summed E-state index contributed by atoms with van der Waals surface area (Å²) in [5.74, 6) is 0.530. The number of benzene rings is 1. The van der Waals surface area contributed by atoms with Crippen molar-refractivity contribution >= 4 is 34.5 Å². The van der Waals surface area contributed by atoms with Crippen LogP contribution in [0.2, 0.25) is 0 Å². The number of ether oxygens (including phenoxy) is 1. The first-order valence-electron chi connectivity index (χ1n) is 8.99. The minimum Gasteiger partial charge on any atom is -0.497 e. The number of aromatic nitrogens is 4. The quantitative estimate of drug-likeness (QED) is 0.614. The van der Waals surface area contributed by atoms with Gasteiger partial charge in [-0.15, -0.1) is 0 Å². The van der Waals surface area contributed by atoms with Gasteiger partial charge in [0.25, 0.3) is 5.56 Å². The number of aryl methyl sites for hydroxylation is 1. The topological polar surface area (TPSA) is 100 Å². The minimum absolute atomic E-state index is 0.0749. The highest BCUT2D eigenvalue weighted by atomic mass is 32.2. The van der Waals surface area contributed by atoms with Crippen LogP contribution in [0.1, 0.15) is 19.9 Å². The van der Waals surface area contributed by atoms with Crippen molar-refractivity contribution in [3.05, 3.63) is 45.1 Å². The Morgan fingerprint density at radius 2 is 1.97 bits per heavy atom. The minimum atomic E-state index is -0.441. The summed E-state index contributed by atoms with van der Waals surface area (Å²) < 4.78 is 9.32. The van der Waals surface area contributed by atoms with Crippen molar-refractivity contribution in [1.82, 2.24) is 18.7 Å². The molecule has 0 fully saturated rings. The molecular weight excluding hydrogens is 394 g/mol. The largest absolute Gasteiger partial charge is 0.497 e. The van der Waals surface area contributed by atoms with Gasteiger partial charge in [0.15, 0.2) is 16.3 Å². The Kier molecular flexibility index (Phi) is 5.83. The van der Waals surface area contributed by atoms with E-state index in [9.17, 15) is 14.4 Å². The summed E-state index contributed by atoms with van der Waals surface area (Å²) in [6.07, 6.45) is 0. The number of thioether (sulfide) groups is 1. The van der Waals surface area contributed by atoms with Crippen molar-refractivity contribution in [2.45, 2.75) is 25.0 Å². The summed E-state index contributed by atoms with van der Waals surface area (Å²) >= 11 is 1.21. The number of imidazole rings is 1. The molecule has 154 valence electrons. The summed E-state index contributed by atoms with van der Waals surface area (Å²) in [4.78, 5) is 41.8. The lowest BCUT2D eigenvalue weighted by Crippen LogP contribution is -2.37. The van der Waals surface area contributed by atoms with Gasteiger partial charge in [-0.3, -0.25) is 18.7 Å². The SMILES string of the molecule is COc1cccc(NC(=O)CSc2nc3c(c(=O)n(C)c(=O)n3C)n2C(C)C)c1. The molecular formula is C19H23N5O4S. The summed E-state index contributed by atoms with van der Waals surface area (Å²) in [5, 5.41) is 3.32. The van der Waals surface area contributed by atoms with Gasteiger partial charge in [0.05, 0.1) is 12.9 Å². The lowest BCUT2D eigenvalue weighted by Gasteiger charge is -2.12. The van der Waals surface area contributed by atoms with Crippen LogP contribution in [0.3, 0.4) is 0 Å². The zero-order valence-electron chi connectivity index (χ0n) is 16.9. The Hall–Kier alpha value is -3.01. The highest BCUT2D eigenvalue weighted by Gasteiger charge is 2.21. The molecule has 10 heteroatoms. The van der Waals surface area contributed by atoms with E-state index in [4.69, 9.17) is 4.74 Å². The fourth-order valence-electron chi connectivity index (χ4n) is 3.00. The predicted molar refractivity (Wildman–Crippen MR) is 113 cm³/mol. The van der Waals surface area contributed by atoms with Crippen LogP contribution in [0.5, 0.6) is 5.75 Å². The first kappa shape index (κ1) is 20.7. The van der Waals surface area contributed by atoms with Gasteiger partial charge in [0.1, 0.15) is 5.75 Å². The van der Waals surface area contributed by atoms with Crippen LogP contribution in [0, 0.1) is 0 Å². The summed E-state index contributed by atoms with van der Waals surface area (Å²) in [6.45, 7) is 3.85. The number of carbonyl (C=O) groups is 1. The highest BCUT2D eigenvalue weighted by molar-refractivity contribution is 7.99. The third kappa shape index (κ3) is 3.93. The van der Waals surface area contributed by atoms with E-state index in [1.165, 1.54) is 23.4 Å². The number of fused-ring (bicyclic) bond motifs is 1. The molecule has 2 heterocycles. The molecule has 2 aromatic heterocycles. The third-order valence-electron chi connectivity index (χ3n) is 4.46. The summed E-state index contributed by atoms with van der Waals surface area (Å²) in [7, 11) is 4.58. The fourth-order valence-corrected chi connectivity index (χ4v) is 3.93. The molecule has 3 aromatic rings. The summed E-state index contributed by atoms with van der Waals surface area (Å²) in [5.41, 5.74) is 0.437. The van der Waals surface area contributed by atoms with Crippen molar-refractivity contribution in [3.63, 3.8) is 0 Å². The number of nitrogens with zero attached hydrogens (tertiary/aromatic N) is 4. The number of rotatable bonds is 6. The number of methoxy groups -OCH3 is 1. The van der Waals surface area contributed by atoms with Crippen LogP contribution in [0.15, 0.2) is 39.0 Å². The monoisotopic (exact) mass is 417 g/mol. The molecule has 0 radical (unpaired) electrons. The van der Waals surface area contributed by atoms with Gasteiger partial charge in [0, 0.05) is 31.9 Å². The molecule has 1 aromatic carbocycles. The molecule has 0 spiro atoms. The van der Waals surface area contributed by atoms with Gasteiger partial charge >= 0.3 is 5.69 Å². The van der Waals surface area contributed by atoms with Crippen LogP contribution in [-0.4, -0.2) is 37.5 Å². The second kappa shape index (κ2) is 8.16. The molecule has 0 aliphatic carbocycles. The lowest BCUT2D eigenvalue weighted by atomic mass is 10.3.